The molecular weight excluding hydrogens is 330 g/mol. The molecule has 1 aliphatic carbocycles. The van der Waals surface area contributed by atoms with Gasteiger partial charge >= 0.3 is 5.97 Å². The monoisotopic (exact) mass is 353 g/mol. The number of ether oxygens (including phenoxy) is 2. The molecule has 0 heterocycles. The molecule has 1 amide bonds. The number of amides is 1. The lowest BCUT2D eigenvalue weighted by molar-refractivity contribution is -0.125. The van der Waals surface area contributed by atoms with Crippen LogP contribution in [0.3, 0.4) is 0 Å². The zero-order chi connectivity index (χ0) is 18.4. The fourth-order valence-electron chi connectivity index (χ4n) is 3.26. The number of hydrogen-bond acceptors (Lipinski definition) is 4. The number of methoxy groups -OCH3 is 1. The molecule has 1 aliphatic rings. The lowest BCUT2D eigenvalue weighted by atomic mass is 9.88. The van der Waals surface area contributed by atoms with Crippen molar-refractivity contribution in [1.29, 1.82) is 0 Å². The van der Waals surface area contributed by atoms with Crippen LogP contribution in [0.5, 0.6) is 0 Å². The largest absolute Gasteiger partial charge is 0.452 e. The molecule has 0 bridgehead atoms. The Morgan fingerprint density at radius 3 is 2.65 bits per heavy atom. The average Bonchev–Trinajstić information content (AvgIpc) is 2.67. The summed E-state index contributed by atoms with van der Waals surface area (Å²) in [4.78, 5) is 24.3. The van der Waals surface area contributed by atoms with Crippen LogP contribution in [0.1, 0.15) is 45.9 Å². The van der Waals surface area contributed by atoms with Crippen LogP contribution >= 0.6 is 0 Å². The highest BCUT2D eigenvalue weighted by Crippen LogP contribution is 2.29. The Morgan fingerprint density at radius 2 is 1.88 bits per heavy atom. The van der Waals surface area contributed by atoms with Gasteiger partial charge in [-0.3, -0.25) is 4.79 Å². The van der Waals surface area contributed by atoms with Crippen LogP contribution in [0.2, 0.25) is 0 Å². The number of carbonyl (C=O) groups excluding carboxylic acids is 2. The third-order valence-electron chi connectivity index (χ3n) is 4.54. The summed E-state index contributed by atoms with van der Waals surface area (Å²) in [6.07, 6.45) is 2.98. The van der Waals surface area contributed by atoms with E-state index in [9.17, 15) is 9.59 Å². The Kier molecular flexibility index (Phi) is 6.02. The summed E-state index contributed by atoms with van der Waals surface area (Å²) in [6.45, 7) is 0.206. The number of carbonyl (C=O) groups is 2. The van der Waals surface area contributed by atoms with Crippen molar-refractivity contribution in [3.05, 3.63) is 70.8 Å². The van der Waals surface area contributed by atoms with Crippen LogP contribution in [0.15, 0.2) is 48.5 Å². The molecule has 0 saturated heterocycles. The first-order valence-corrected chi connectivity index (χ1v) is 8.79. The van der Waals surface area contributed by atoms with Gasteiger partial charge in [-0.15, -0.1) is 0 Å². The molecule has 5 heteroatoms. The van der Waals surface area contributed by atoms with E-state index in [0.29, 0.717) is 12.2 Å². The lowest BCUT2D eigenvalue weighted by Gasteiger charge is -2.26. The third kappa shape index (κ3) is 4.49. The first-order valence-electron chi connectivity index (χ1n) is 8.79. The molecule has 0 radical (unpaired) electrons. The van der Waals surface area contributed by atoms with Gasteiger partial charge in [-0.25, -0.2) is 4.79 Å². The third-order valence-corrected chi connectivity index (χ3v) is 4.54. The summed E-state index contributed by atoms with van der Waals surface area (Å²) in [5.41, 5.74) is 3.82. The second-order valence-corrected chi connectivity index (χ2v) is 6.42. The fourth-order valence-corrected chi connectivity index (χ4v) is 3.26. The zero-order valence-electron chi connectivity index (χ0n) is 14.9. The number of rotatable bonds is 6. The molecule has 2 aromatic carbocycles. The Morgan fingerprint density at radius 1 is 1.12 bits per heavy atom. The molecule has 3 rings (SSSR count). The van der Waals surface area contributed by atoms with E-state index in [1.165, 1.54) is 5.56 Å². The van der Waals surface area contributed by atoms with Gasteiger partial charge in [0.1, 0.15) is 0 Å². The second-order valence-electron chi connectivity index (χ2n) is 6.42. The summed E-state index contributed by atoms with van der Waals surface area (Å²) >= 11 is 0. The van der Waals surface area contributed by atoms with Crippen molar-refractivity contribution in [2.75, 3.05) is 13.7 Å². The number of benzene rings is 2. The fraction of sp³-hybridized carbons (Fsp3) is 0.333. The smallest absolute Gasteiger partial charge is 0.338 e. The van der Waals surface area contributed by atoms with Gasteiger partial charge in [0.25, 0.3) is 5.91 Å². The highest BCUT2D eigenvalue weighted by molar-refractivity contribution is 5.91. The minimum absolute atomic E-state index is 0.0144. The minimum Gasteiger partial charge on any atom is -0.452 e. The number of aryl methyl sites for hydroxylation is 1. The molecule has 26 heavy (non-hydrogen) atoms. The van der Waals surface area contributed by atoms with Crippen molar-refractivity contribution in [3.8, 4) is 0 Å². The normalized spacial score (nSPS) is 15.8. The molecule has 2 aromatic rings. The molecule has 1 N–H and O–H groups in total. The molecule has 0 saturated carbocycles. The maximum atomic E-state index is 12.2. The number of fused-ring (bicyclic) bond motifs is 1. The van der Waals surface area contributed by atoms with Crippen molar-refractivity contribution in [1.82, 2.24) is 5.32 Å². The molecule has 0 spiro atoms. The Labute approximate surface area is 153 Å². The van der Waals surface area contributed by atoms with Gasteiger partial charge in [-0.1, -0.05) is 36.4 Å². The number of nitrogens with one attached hydrogen (secondary N) is 1. The standard InChI is InChI=1S/C21H23NO4/c1-25-13-15-9-11-17(12-10-15)21(24)26-14-20(23)22-19-8-4-6-16-5-2-3-7-18(16)19/h2-3,5,7,9-12,19H,4,6,8,13-14H2,1H3,(H,22,23)/t19-/m1/s1. The SMILES string of the molecule is COCc1ccc(C(=O)OCC(=O)N[C@@H]2CCCc3ccccc32)cc1. The van der Waals surface area contributed by atoms with Gasteiger partial charge in [-0.2, -0.15) is 0 Å². The first-order chi connectivity index (χ1) is 12.7. The van der Waals surface area contributed by atoms with Crippen LogP contribution in [-0.4, -0.2) is 25.6 Å². The Bertz CT molecular complexity index is 770. The van der Waals surface area contributed by atoms with Gasteiger partial charge in [0.15, 0.2) is 6.61 Å². The van der Waals surface area contributed by atoms with E-state index in [4.69, 9.17) is 9.47 Å². The topological polar surface area (TPSA) is 64.6 Å². The van der Waals surface area contributed by atoms with Crippen molar-refractivity contribution in [3.63, 3.8) is 0 Å². The summed E-state index contributed by atoms with van der Waals surface area (Å²) < 4.78 is 10.2. The van der Waals surface area contributed by atoms with Crippen molar-refractivity contribution in [2.45, 2.75) is 31.9 Å². The predicted molar refractivity (Wildman–Crippen MR) is 97.7 cm³/mol. The molecule has 0 fully saturated rings. The maximum absolute atomic E-state index is 12.2. The Balaban J connectivity index is 1.52. The predicted octanol–water partition coefficient (Wildman–Crippen LogP) is 3.18. The Hall–Kier alpha value is -2.66. The van der Waals surface area contributed by atoms with Crippen LogP contribution in [-0.2, 0) is 27.3 Å². The van der Waals surface area contributed by atoms with Gasteiger partial charge in [-0.05, 0) is 48.1 Å². The average molecular weight is 353 g/mol. The second kappa shape index (κ2) is 8.63. The summed E-state index contributed by atoms with van der Waals surface area (Å²) in [5, 5.41) is 2.98. The first kappa shape index (κ1) is 18.1. The van der Waals surface area contributed by atoms with Crippen LogP contribution in [0, 0.1) is 0 Å². The van der Waals surface area contributed by atoms with Crippen LogP contribution in [0.4, 0.5) is 0 Å². The zero-order valence-corrected chi connectivity index (χ0v) is 14.9. The van der Waals surface area contributed by atoms with E-state index < -0.39 is 5.97 Å². The molecule has 136 valence electrons. The number of hydrogen-bond donors (Lipinski definition) is 1. The number of esters is 1. The quantitative estimate of drug-likeness (QED) is 0.810. The molecule has 5 nitrogen and oxygen atoms in total. The van der Waals surface area contributed by atoms with E-state index >= 15 is 0 Å². The molecular formula is C21H23NO4. The van der Waals surface area contributed by atoms with E-state index in [1.807, 2.05) is 18.2 Å². The summed E-state index contributed by atoms with van der Waals surface area (Å²) in [6, 6.07) is 15.1. The van der Waals surface area contributed by atoms with Crippen molar-refractivity contribution >= 4 is 11.9 Å². The molecule has 0 aliphatic heterocycles. The maximum Gasteiger partial charge on any atom is 0.338 e. The molecule has 0 unspecified atom stereocenters. The van der Waals surface area contributed by atoms with E-state index in [1.54, 1.807) is 31.4 Å². The van der Waals surface area contributed by atoms with E-state index in [2.05, 4.69) is 11.4 Å². The van der Waals surface area contributed by atoms with E-state index in [0.717, 1.165) is 30.4 Å². The molecule has 0 aromatic heterocycles. The van der Waals surface area contributed by atoms with Crippen LogP contribution < -0.4 is 5.32 Å². The molecule has 1 atom stereocenters. The van der Waals surface area contributed by atoms with Gasteiger partial charge in [0.2, 0.25) is 0 Å². The van der Waals surface area contributed by atoms with Crippen molar-refractivity contribution < 1.29 is 19.1 Å². The highest BCUT2D eigenvalue weighted by atomic mass is 16.5. The summed E-state index contributed by atoms with van der Waals surface area (Å²) in [5.74, 6) is -0.788. The van der Waals surface area contributed by atoms with Crippen molar-refractivity contribution in [2.24, 2.45) is 0 Å². The van der Waals surface area contributed by atoms with Gasteiger partial charge in [0.05, 0.1) is 18.2 Å². The lowest BCUT2D eigenvalue weighted by Crippen LogP contribution is -2.34. The van der Waals surface area contributed by atoms with Gasteiger partial charge in [0, 0.05) is 7.11 Å². The highest BCUT2D eigenvalue weighted by Gasteiger charge is 2.21. The minimum atomic E-state index is -0.506. The van der Waals surface area contributed by atoms with Crippen LogP contribution in [0.25, 0.3) is 0 Å². The van der Waals surface area contributed by atoms with E-state index in [-0.39, 0.29) is 18.6 Å². The summed E-state index contributed by atoms with van der Waals surface area (Å²) in [7, 11) is 1.62. The van der Waals surface area contributed by atoms with Gasteiger partial charge < -0.3 is 14.8 Å².